The summed E-state index contributed by atoms with van der Waals surface area (Å²) in [6.45, 7) is 2.31. The molecule has 6 heteroatoms. The van der Waals surface area contributed by atoms with Crippen LogP contribution in [0.15, 0.2) is 22.9 Å². The number of nitrogens with one attached hydrogen (secondary N) is 1. The number of esters is 1. The van der Waals surface area contributed by atoms with Gasteiger partial charge in [-0.3, -0.25) is 0 Å². The van der Waals surface area contributed by atoms with Crippen molar-refractivity contribution in [1.29, 1.82) is 5.26 Å². The fraction of sp³-hybridized carbons (Fsp3) is 0.647. The van der Waals surface area contributed by atoms with Crippen molar-refractivity contribution in [1.82, 2.24) is 5.32 Å². The third-order valence-electron chi connectivity index (χ3n) is 3.48. The van der Waals surface area contributed by atoms with Gasteiger partial charge in [-0.1, -0.05) is 0 Å². The Morgan fingerprint density at radius 2 is 2.00 bits per heavy atom. The first-order valence-electron chi connectivity index (χ1n) is 7.95. The van der Waals surface area contributed by atoms with Crippen molar-refractivity contribution in [3.8, 4) is 6.07 Å². The van der Waals surface area contributed by atoms with Crippen LogP contribution in [0.4, 0.5) is 0 Å². The molecule has 0 heterocycles. The third kappa shape index (κ3) is 7.31. The summed E-state index contributed by atoms with van der Waals surface area (Å²) in [4.78, 5) is 12.0. The molecule has 0 radical (unpaired) electrons. The van der Waals surface area contributed by atoms with Gasteiger partial charge in [-0.05, 0) is 37.3 Å². The van der Waals surface area contributed by atoms with E-state index in [4.69, 9.17) is 14.2 Å². The molecule has 0 aromatic carbocycles. The minimum atomic E-state index is -0.546. The van der Waals surface area contributed by atoms with Crippen molar-refractivity contribution in [3.63, 3.8) is 0 Å². The van der Waals surface area contributed by atoms with Gasteiger partial charge in [0.2, 0.25) is 0 Å². The van der Waals surface area contributed by atoms with Crippen molar-refractivity contribution in [2.45, 2.75) is 32.1 Å². The Morgan fingerprint density at radius 1 is 1.26 bits per heavy atom. The number of nitriles is 1. The first kappa shape index (κ1) is 19.2. The van der Waals surface area contributed by atoms with E-state index in [9.17, 15) is 10.1 Å². The monoisotopic (exact) mass is 324 g/mol. The molecular weight excluding hydrogens is 296 g/mol. The summed E-state index contributed by atoms with van der Waals surface area (Å²) in [5.41, 5.74) is 1.92. The summed E-state index contributed by atoms with van der Waals surface area (Å²) in [6.07, 6.45) is 6.02. The van der Waals surface area contributed by atoms with E-state index in [1.807, 2.05) is 12.1 Å². The van der Waals surface area contributed by atoms with E-state index in [1.165, 1.54) is 0 Å². The van der Waals surface area contributed by atoms with Crippen LogP contribution in [0.5, 0.6) is 0 Å². The average molecular weight is 324 g/mol. The van der Waals surface area contributed by atoms with Crippen molar-refractivity contribution in [2.24, 2.45) is 0 Å². The summed E-state index contributed by atoms with van der Waals surface area (Å²) < 4.78 is 15.0. The van der Waals surface area contributed by atoms with E-state index < -0.39 is 5.97 Å². The highest BCUT2D eigenvalue weighted by molar-refractivity contribution is 5.94. The minimum absolute atomic E-state index is 0. The Labute approximate surface area is 139 Å². The minimum Gasteiger partial charge on any atom is -0.461 e. The molecule has 0 saturated heterocycles. The van der Waals surface area contributed by atoms with Crippen molar-refractivity contribution in [3.05, 3.63) is 22.9 Å². The second-order valence-corrected chi connectivity index (χ2v) is 5.29. The molecule has 0 unspecified atom stereocenters. The van der Waals surface area contributed by atoms with Crippen LogP contribution in [-0.2, 0) is 19.0 Å². The van der Waals surface area contributed by atoms with E-state index >= 15 is 0 Å². The lowest BCUT2D eigenvalue weighted by Gasteiger charge is -2.18. The molecule has 0 fully saturated rings. The second-order valence-electron chi connectivity index (χ2n) is 5.29. The number of carbonyl (C=O) groups is 1. The Bertz CT molecular complexity index is 483. The maximum atomic E-state index is 12.0. The predicted octanol–water partition coefficient (Wildman–Crippen LogP) is 2.33. The van der Waals surface area contributed by atoms with Gasteiger partial charge in [-0.2, -0.15) is 5.26 Å². The standard InChI is InChI=1S/C17H26N2O4.H2/c1-21-9-4-8-19-15-7-3-6-14(12-15)16(13-18)17(20)23-11-5-10-22-2;/h12,19H,3-11H2,1-2H3;1H/b16-14-;. The van der Waals surface area contributed by atoms with E-state index in [0.717, 1.165) is 43.5 Å². The van der Waals surface area contributed by atoms with Crippen LogP contribution >= 0.6 is 0 Å². The number of hydrogen-bond acceptors (Lipinski definition) is 6. The molecule has 0 aliphatic heterocycles. The number of ether oxygens (including phenoxy) is 3. The first-order chi connectivity index (χ1) is 11.2. The van der Waals surface area contributed by atoms with Gasteiger partial charge in [0.1, 0.15) is 11.6 Å². The molecule has 130 valence electrons. The summed E-state index contributed by atoms with van der Waals surface area (Å²) in [5, 5.41) is 12.6. The van der Waals surface area contributed by atoms with Crippen LogP contribution < -0.4 is 5.32 Å². The van der Waals surface area contributed by atoms with E-state index in [1.54, 1.807) is 14.2 Å². The highest BCUT2D eigenvalue weighted by atomic mass is 16.5. The van der Waals surface area contributed by atoms with Gasteiger partial charge in [0.25, 0.3) is 0 Å². The van der Waals surface area contributed by atoms with Crippen LogP contribution in [0.3, 0.4) is 0 Å². The van der Waals surface area contributed by atoms with Crippen LogP contribution in [0.2, 0.25) is 0 Å². The Balaban J connectivity index is 0.00000529. The average Bonchev–Trinajstić information content (AvgIpc) is 2.57. The van der Waals surface area contributed by atoms with E-state index in [2.05, 4.69) is 5.32 Å². The van der Waals surface area contributed by atoms with Crippen LogP contribution in [-0.4, -0.2) is 46.6 Å². The highest BCUT2D eigenvalue weighted by Gasteiger charge is 2.18. The van der Waals surface area contributed by atoms with Gasteiger partial charge in [0.05, 0.1) is 6.61 Å². The van der Waals surface area contributed by atoms with E-state index in [-0.39, 0.29) is 13.6 Å². The van der Waals surface area contributed by atoms with Crippen molar-refractivity contribution < 1.29 is 20.4 Å². The van der Waals surface area contributed by atoms with Crippen LogP contribution in [0.25, 0.3) is 0 Å². The summed E-state index contributed by atoms with van der Waals surface area (Å²) in [7, 11) is 3.27. The Morgan fingerprint density at radius 3 is 2.70 bits per heavy atom. The predicted molar refractivity (Wildman–Crippen MR) is 88.6 cm³/mol. The molecule has 0 atom stereocenters. The first-order valence-corrected chi connectivity index (χ1v) is 7.95. The zero-order valence-corrected chi connectivity index (χ0v) is 14.0. The molecule has 0 saturated carbocycles. The number of allylic oxidation sites excluding steroid dienone is 3. The molecule has 1 N–H and O–H groups in total. The lowest BCUT2D eigenvalue weighted by molar-refractivity contribution is -0.138. The highest BCUT2D eigenvalue weighted by Crippen LogP contribution is 2.24. The smallest absolute Gasteiger partial charge is 0.349 e. The van der Waals surface area contributed by atoms with Gasteiger partial charge < -0.3 is 19.5 Å². The molecule has 0 spiro atoms. The Kier molecular flexibility index (Phi) is 9.76. The molecule has 1 aliphatic rings. The molecule has 0 bridgehead atoms. The van der Waals surface area contributed by atoms with Crippen LogP contribution in [0.1, 0.15) is 33.5 Å². The fourth-order valence-electron chi connectivity index (χ4n) is 2.31. The van der Waals surface area contributed by atoms with Crippen molar-refractivity contribution >= 4 is 5.97 Å². The Hall–Kier alpha value is -1.84. The van der Waals surface area contributed by atoms with Gasteiger partial charge in [0, 0.05) is 47.5 Å². The number of nitrogens with zero attached hydrogens (tertiary/aromatic N) is 1. The lowest BCUT2D eigenvalue weighted by atomic mass is 9.95. The van der Waals surface area contributed by atoms with Crippen LogP contribution in [0, 0.1) is 11.3 Å². The lowest BCUT2D eigenvalue weighted by Crippen LogP contribution is -2.19. The van der Waals surface area contributed by atoms with Gasteiger partial charge in [-0.25, -0.2) is 4.79 Å². The zero-order valence-electron chi connectivity index (χ0n) is 14.0. The molecule has 23 heavy (non-hydrogen) atoms. The third-order valence-corrected chi connectivity index (χ3v) is 3.48. The number of hydrogen-bond donors (Lipinski definition) is 1. The summed E-state index contributed by atoms with van der Waals surface area (Å²) in [5.74, 6) is -0.546. The molecular formula is C17H28N2O4. The van der Waals surface area contributed by atoms with Crippen molar-refractivity contribution in [2.75, 3.05) is 40.6 Å². The summed E-state index contributed by atoms with van der Waals surface area (Å²) in [6, 6.07) is 1.99. The maximum Gasteiger partial charge on any atom is 0.349 e. The number of carbonyl (C=O) groups excluding carboxylic acids is 1. The fourth-order valence-corrected chi connectivity index (χ4v) is 2.31. The zero-order chi connectivity index (χ0) is 16.9. The second kappa shape index (κ2) is 11.7. The summed E-state index contributed by atoms with van der Waals surface area (Å²) >= 11 is 0. The quantitative estimate of drug-likeness (QED) is 0.287. The van der Waals surface area contributed by atoms with Gasteiger partial charge >= 0.3 is 5.97 Å². The number of methoxy groups -OCH3 is 2. The molecule has 6 nitrogen and oxygen atoms in total. The molecule has 1 rings (SSSR count). The molecule has 1 aliphatic carbocycles. The largest absolute Gasteiger partial charge is 0.461 e. The topological polar surface area (TPSA) is 80.6 Å². The molecule has 0 amide bonds. The number of rotatable bonds is 10. The van der Waals surface area contributed by atoms with E-state index in [0.29, 0.717) is 19.6 Å². The molecule has 0 aromatic heterocycles. The maximum absolute atomic E-state index is 12.0. The van der Waals surface area contributed by atoms with Gasteiger partial charge in [0.15, 0.2) is 0 Å². The van der Waals surface area contributed by atoms with Gasteiger partial charge in [-0.15, -0.1) is 0 Å². The molecule has 0 aromatic rings. The SMILES string of the molecule is COCCCNC1=C/C(=C(/C#N)C(=O)OCCCOC)CCC1.[HH]. The normalized spacial score (nSPS) is 16.3.